The molecule has 2 aromatic carbocycles. The third-order valence-electron chi connectivity index (χ3n) is 9.45. The van der Waals surface area contributed by atoms with Crippen LogP contribution in [0.5, 0.6) is 0 Å². The molecule has 0 spiro atoms. The van der Waals surface area contributed by atoms with Crippen LogP contribution in [-0.4, -0.2) is 49.1 Å². The molecule has 0 amide bonds. The third-order valence-corrected chi connectivity index (χ3v) is 9.45. The molecule has 0 radical (unpaired) electrons. The van der Waals surface area contributed by atoms with Crippen LogP contribution < -0.4 is 0 Å². The van der Waals surface area contributed by atoms with Crippen molar-refractivity contribution < 1.29 is 0 Å². The largest absolute Gasteiger partial charge is 0.303 e. The molecular weight excluding hydrogens is 460 g/mol. The van der Waals surface area contributed by atoms with E-state index in [0.29, 0.717) is 0 Å². The Morgan fingerprint density at radius 2 is 0.816 bits per heavy atom. The van der Waals surface area contributed by atoms with Gasteiger partial charge in [0.25, 0.3) is 0 Å². The van der Waals surface area contributed by atoms with E-state index in [2.05, 4.69) is 70.5 Å². The zero-order valence-corrected chi connectivity index (χ0v) is 24.4. The van der Waals surface area contributed by atoms with Gasteiger partial charge in [0.1, 0.15) is 0 Å². The Hall–Kier alpha value is -1.64. The van der Waals surface area contributed by atoms with E-state index in [9.17, 15) is 0 Å². The summed E-state index contributed by atoms with van der Waals surface area (Å²) in [6.07, 6.45) is 22.4. The minimum atomic E-state index is 0.973. The molecule has 2 fully saturated rings. The van der Waals surface area contributed by atoms with Gasteiger partial charge in [-0.25, -0.2) is 0 Å². The van der Waals surface area contributed by atoms with Crippen LogP contribution in [0.3, 0.4) is 0 Å². The molecule has 0 atom stereocenters. The maximum Gasteiger partial charge on any atom is -0.00161 e. The first-order chi connectivity index (χ1) is 18.8. The fraction of sp³-hybridized carbons (Fsp3) is 0.667. The quantitative estimate of drug-likeness (QED) is 0.194. The van der Waals surface area contributed by atoms with Crippen LogP contribution >= 0.6 is 0 Å². The second-order valence-electron chi connectivity index (χ2n) is 12.4. The highest BCUT2D eigenvalue weighted by Crippen LogP contribution is 2.24. The zero-order chi connectivity index (χ0) is 26.1. The molecule has 2 aliphatic heterocycles. The Bertz CT molecular complexity index is 747. The van der Waals surface area contributed by atoms with Gasteiger partial charge in [-0.1, -0.05) is 99.2 Å². The number of unbranched alkanes of at least 4 members (excludes halogenated alkanes) is 5. The molecule has 0 N–H and O–H groups in total. The standard InChI is InChI=1S/C36H56N2/c1(3-11-27-37-29-23-35(24-30-37)21-13-19-33-15-7-5-8-16-33)2-4-12-28-38-31-25-36(26-32-38)22-14-20-34-17-9-6-10-18-34/h5-10,15-18,35-36H,1-4,11-14,19-32H2. The summed E-state index contributed by atoms with van der Waals surface area (Å²) in [6, 6.07) is 22.1. The van der Waals surface area contributed by atoms with Crippen molar-refractivity contribution >= 4 is 0 Å². The fourth-order valence-corrected chi connectivity index (χ4v) is 6.85. The second kappa shape index (κ2) is 17.9. The van der Waals surface area contributed by atoms with Crippen molar-refractivity contribution in [3.8, 4) is 0 Å². The summed E-state index contributed by atoms with van der Waals surface area (Å²) in [5, 5.41) is 0. The minimum Gasteiger partial charge on any atom is -0.303 e. The van der Waals surface area contributed by atoms with E-state index in [1.165, 1.54) is 153 Å². The van der Waals surface area contributed by atoms with Crippen LogP contribution in [0.2, 0.25) is 0 Å². The fourth-order valence-electron chi connectivity index (χ4n) is 6.85. The Morgan fingerprint density at radius 3 is 1.21 bits per heavy atom. The number of nitrogens with zero attached hydrogens (tertiary/aromatic N) is 2. The van der Waals surface area contributed by atoms with Crippen molar-refractivity contribution in [3.05, 3.63) is 71.8 Å². The Balaban J connectivity index is 0.907. The predicted molar refractivity (Wildman–Crippen MR) is 165 cm³/mol. The van der Waals surface area contributed by atoms with Gasteiger partial charge in [-0.3, -0.25) is 0 Å². The molecule has 0 aliphatic carbocycles. The molecule has 4 rings (SSSR count). The first-order valence-electron chi connectivity index (χ1n) is 16.4. The lowest BCUT2D eigenvalue weighted by molar-refractivity contribution is 0.173. The van der Waals surface area contributed by atoms with Gasteiger partial charge in [-0.15, -0.1) is 0 Å². The summed E-state index contributed by atoms with van der Waals surface area (Å²) in [6.45, 7) is 8.08. The van der Waals surface area contributed by atoms with Crippen molar-refractivity contribution in [2.75, 3.05) is 39.3 Å². The van der Waals surface area contributed by atoms with Crippen molar-refractivity contribution in [2.45, 2.75) is 103 Å². The van der Waals surface area contributed by atoms with Crippen molar-refractivity contribution in [1.82, 2.24) is 9.80 Å². The van der Waals surface area contributed by atoms with Gasteiger partial charge < -0.3 is 9.80 Å². The second-order valence-corrected chi connectivity index (χ2v) is 12.4. The van der Waals surface area contributed by atoms with Crippen LogP contribution in [0, 0.1) is 11.8 Å². The maximum absolute atomic E-state index is 2.75. The molecule has 2 aromatic rings. The molecule has 0 aromatic heterocycles. The van der Waals surface area contributed by atoms with Crippen LogP contribution in [0.25, 0.3) is 0 Å². The van der Waals surface area contributed by atoms with E-state index < -0.39 is 0 Å². The highest BCUT2D eigenvalue weighted by atomic mass is 15.1. The summed E-state index contributed by atoms with van der Waals surface area (Å²) in [4.78, 5) is 5.50. The van der Waals surface area contributed by atoms with E-state index in [4.69, 9.17) is 0 Å². The van der Waals surface area contributed by atoms with E-state index >= 15 is 0 Å². The average molecular weight is 517 g/mol. The molecule has 0 bridgehead atoms. The molecule has 38 heavy (non-hydrogen) atoms. The van der Waals surface area contributed by atoms with Crippen molar-refractivity contribution in [2.24, 2.45) is 11.8 Å². The molecule has 2 aliphatic rings. The summed E-state index contributed by atoms with van der Waals surface area (Å²) in [7, 11) is 0. The molecular formula is C36H56N2. The third kappa shape index (κ3) is 11.6. The highest BCUT2D eigenvalue weighted by molar-refractivity contribution is 5.15. The zero-order valence-electron chi connectivity index (χ0n) is 24.4. The normalized spacial score (nSPS) is 18.2. The Morgan fingerprint density at radius 1 is 0.447 bits per heavy atom. The van der Waals surface area contributed by atoms with E-state index in [-0.39, 0.29) is 0 Å². The lowest BCUT2D eigenvalue weighted by Crippen LogP contribution is -2.34. The Kier molecular flexibility index (Phi) is 13.8. The number of hydrogen-bond acceptors (Lipinski definition) is 2. The number of piperidine rings is 2. The molecule has 2 heterocycles. The molecule has 2 saturated heterocycles. The van der Waals surface area contributed by atoms with Crippen LogP contribution in [0.4, 0.5) is 0 Å². The van der Waals surface area contributed by atoms with E-state index in [1.54, 1.807) is 0 Å². The van der Waals surface area contributed by atoms with Gasteiger partial charge in [0.15, 0.2) is 0 Å². The lowest BCUT2D eigenvalue weighted by atomic mass is 9.90. The number of aryl methyl sites for hydroxylation is 2. The van der Waals surface area contributed by atoms with Crippen LogP contribution in [-0.2, 0) is 12.8 Å². The van der Waals surface area contributed by atoms with E-state index in [0.717, 1.165) is 11.8 Å². The topological polar surface area (TPSA) is 6.48 Å². The summed E-state index contributed by atoms with van der Waals surface area (Å²) in [5.74, 6) is 1.95. The van der Waals surface area contributed by atoms with Gasteiger partial charge in [-0.2, -0.15) is 0 Å². The first-order valence-corrected chi connectivity index (χ1v) is 16.4. The number of rotatable bonds is 17. The molecule has 210 valence electrons. The summed E-state index contributed by atoms with van der Waals surface area (Å²) in [5.41, 5.74) is 3.02. The first kappa shape index (κ1) is 29.3. The predicted octanol–water partition coefficient (Wildman–Crippen LogP) is 8.80. The van der Waals surface area contributed by atoms with Crippen molar-refractivity contribution in [3.63, 3.8) is 0 Å². The lowest BCUT2D eigenvalue weighted by Gasteiger charge is -2.32. The number of likely N-dealkylation sites (tertiary alicyclic amines) is 2. The molecule has 0 saturated carbocycles. The monoisotopic (exact) mass is 516 g/mol. The summed E-state index contributed by atoms with van der Waals surface area (Å²) >= 11 is 0. The van der Waals surface area contributed by atoms with Crippen molar-refractivity contribution in [1.29, 1.82) is 0 Å². The average Bonchev–Trinajstić information content (AvgIpc) is 2.97. The number of benzene rings is 2. The maximum atomic E-state index is 2.75. The summed E-state index contributed by atoms with van der Waals surface area (Å²) < 4.78 is 0. The van der Waals surface area contributed by atoms with Gasteiger partial charge >= 0.3 is 0 Å². The smallest absolute Gasteiger partial charge is 0.00161 e. The van der Waals surface area contributed by atoms with E-state index in [1.807, 2.05) is 0 Å². The molecule has 2 nitrogen and oxygen atoms in total. The van der Waals surface area contributed by atoms with Gasteiger partial charge in [0, 0.05) is 0 Å². The molecule has 0 unspecified atom stereocenters. The van der Waals surface area contributed by atoms with Crippen LogP contribution in [0.1, 0.15) is 101 Å². The Labute approximate surface area is 235 Å². The van der Waals surface area contributed by atoms with Gasteiger partial charge in [0.2, 0.25) is 0 Å². The minimum absolute atomic E-state index is 0.973. The van der Waals surface area contributed by atoms with Gasteiger partial charge in [0.05, 0.1) is 0 Å². The SMILES string of the molecule is c1ccc(CCCC2CCN(CCCCCCCCN3CCC(CCCc4ccccc4)CC3)CC2)cc1. The highest BCUT2D eigenvalue weighted by Gasteiger charge is 2.19. The van der Waals surface area contributed by atoms with Gasteiger partial charge in [-0.05, 0) is 126 Å². The molecule has 2 heteroatoms. The van der Waals surface area contributed by atoms with Crippen LogP contribution in [0.15, 0.2) is 60.7 Å². The number of hydrogen-bond donors (Lipinski definition) is 0.